The molecule has 0 aliphatic carbocycles. The summed E-state index contributed by atoms with van der Waals surface area (Å²) in [4.78, 5) is 10.1. The van der Waals surface area contributed by atoms with Crippen LogP contribution < -0.4 is 0 Å². The number of rotatable bonds is 4. The zero-order valence-corrected chi connectivity index (χ0v) is 8.88. The molecule has 0 bridgehead atoms. The average molecular weight is 234 g/mol. The molecule has 5 heteroatoms. The first-order valence-electron chi connectivity index (χ1n) is 4.13. The molecule has 0 saturated carbocycles. The van der Waals surface area contributed by atoms with Crippen LogP contribution in [0.15, 0.2) is 18.2 Å². The van der Waals surface area contributed by atoms with E-state index in [2.05, 4.69) is 0 Å². The van der Waals surface area contributed by atoms with Crippen molar-refractivity contribution in [3.63, 3.8) is 0 Å². The molecular formula is C9H9Cl2NO2. The van der Waals surface area contributed by atoms with E-state index in [0.29, 0.717) is 17.3 Å². The topological polar surface area (TPSA) is 43.1 Å². The van der Waals surface area contributed by atoms with Crippen LogP contribution in [0.25, 0.3) is 0 Å². The van der Waals surface area contributed by atoms with Crippen molar-refractivity contribution in [2.24, 2.45) is 0 Å². The fourth-order valence-corrected chi connectivity index (χ4v) is 1.54. The van der Waals surface area contributed by atoms with Crippen LogP contribution in [0.4, 0.5) is 5.69 Å². The SMILES string of the molecule is O=[N+]([O-])c1cc(Cl)cc(CCCCl)c1. The number of hydrogen-bond donors (Lipinski definition) is 0. The Balaban J connectivity index is 2.89. The lowest BCUT2D eigenvalue weighted by Gasteiger charge is -2.00. The number of non-ortho nitro benzene ring substituents is 1. The van der Waals surface area contributed by atoms with Gasteiger partial charge in [0.15, 0.2) is 0 Å². The monoisotopic (exact) mass is 233 g/mol. The fourth-order valence-electron chi connectivity index (χ4n) is 1.15. The molecule has 0 spiro atoms. The molecule has 3 nitrogen and oxygen atoms in total. The van der Waals surface area contributed by atoms with Gasteiger partial charge in [0.2, 0.25) is 0 Å². The van der Waals surface area contributed by atoms with Crippen molar-refractivity contribution >= 4 is 28.9 Å². The summed E-state index contributed by atoms with van der Waals surface area (Å²) in [6.45, 7) is 0. The first-order valence-corrected chi connectivity index (χ1v) is 5.04. The van der Waals surface area contributed by atoms with Gasteiger partial charge in [-0.15, -0.1) is 11.6 Å². The lowest BCUT2D eigenvalue weighted by molar-refractivity contribution is -0.384. The summed E-state index contributed by atoms with van der Waals surface area (Å²) < 4.78 is 0. The summed E-state index contributed by atoms with van der Waals surface area (Å²) in [5.74, 6) is 0.542. The molecule has 0 aromatic heterocycles. The van der Waals surface area contributed by atoms with Crippen molar-refractivity contribution in [3.05, 3.63) is 38.9 Å². The van der Waals surface area contributed by atoms with Gasteiger partial charge in [0, 0.05) is 23.0 Å². The van der Waals surface area contributed by atoms with E-state index in [-0.39, 0.29) is 5.69 Å². The summed E-state index contributed by atoms with van der Waals surface area (Å²) in [5.41, 5.74) is 0.881. The number of aryl methyl sites for hydroxylation is 1. The molecule has 1 aromatic carbocycles. The van der Waals surface area contributed by atoms with Gasteiger partial charge in [0.1, 0.15) is 0 Å². The Morgan fingerprint density at radius 3 is 2.64 bits per heavy atom. The molecular weight excluding hydrogens is 225 g/mol. The quantitative estimate of drug-likeness (QED) is 0.455. The van der Waals surface area contributed by atoms with Crippen molar-refractivity contribution in [1.29, 1.82) is 0 Å². The van der Waals surface area contributed by atoms with E-state index in [0.717, 1.165) is 12.0 Å². The normalized spacial score (nSPS) is 10.1. The molecule has 0 aliphatic rings. The molecule has 0 unspecified atom stereocenters. The largest absolute Gasteiger partial charge is 0.271 e. The highest BCUT2D eigenvalue weighted by Gasteiger charge is 2.08. The van der Waals surface area contributed by atoms with Gasteiger partial charge in [-0.1, -0.05) is 11.6 Å². The predicted molar refractivity (Wildman–Crippen MR) is 57.1 cm³/mol. The highest BCUT2D eigenvalue weighted by atomic mass is 35.5. The molecule has 0 atom stereocenters. The lowest BCUT2D eigenvalue weighted by atomic mass is 10.1. The highest BCUT2D eigenvalue weighted by Crippen LogP contribution is 2.21. The van der Waals surface area contributed by atoms with Crippen molar-refractivity contribution in [2.45, 2.75) is 12.8 Å². The van der Waals surface area contributed by atoms with E-state index in [9.17, 15) is 10.1 Å². The van der Waals surface area contributed by atoms with Crippen LogP contribution >= 0.6 is 23.2 Å². The van der Waals surface area contributed by atoms with Gasteiger partial charge in [-0.05, 0) is 24.5 Å². The van der Waals surface area contributed by atoms with Crippen LogP contribution in [0.5, 0.6) is 0 Å². The lowest BCUT2D eigenvalue weighted by Crippen LogP contribution is -1.92. The molecule has 0 amide bonds. The first kappa shape index (κ1) is 11.3. The molecule has 0 fully saturated rings. The Hall–Kier alpha value is -0.800. The van der Waals surface area contributed by atoms with E-state index in [1.165, 1.54) is 12.1 Å². The third kappa shape index (κ3) is 3.16. The highest BCUT2D eigenvalue weighted by molar-refractivity contribution is 6.30. The third-order valence-electron chi connectivity index (χ3n) is 1.75. The maximum absolute atomic E-state index is 10.5. The van der Waals surface area contributed by atoms with Crippen molar-refractivity contribution in [1.82, 2.24) is 0 Å². The molecule has 76 valence electrons. The van der Waals surface area contributed by atoms with Gasteiger partial charge in [0.25, 0.3) is 5.69 Å². The van der Waals surface area contributed by atoms with E-state index in [1.807, 2.05) is 0 Å². The van der Waals surface area contributed by atoms with Gasteiger partial charge in [-0.25, -0.2) is 0 Å². The zero-order valence-electron chi connectivity index (χ0n) is 7.37. The molecule has 1 aromatic rings. The molecule has 0 saturated heterocycles. The van der Waals surface area contributed by atoms with Crippen molar-refractivity contribution < 1.29 is 4.92 Å². The van der Waals surface area contributed by atoms with E-state index in [4.69, 9.17) is 23.2 Å². The Morgan fingerprint density at radius 1 is 1.36 bits per heavy atom. The number of alkyl halides is 1. The summed E-state index contributed by atoms with van der Waals surface area (Å²) >= 11 is 11.3. The first-order chi connectivity index (χ1) is 6.63. The fraction of sp³-hybridized carbons (Fsp3) is 0.333. The number of halogens is 2. The summed E-state index contributed by atoms with van der Waals surface area (Å²) in [6, 6.07) is 4.59. The minimum Gasteiger partial charge on any atom is -0.258 e. The minimum atomic E-state index is -0.448. The molecule has 14 heavy (non-hydrogen) atoms. The van der Waals surface area contributed by atoms with Crippen LogP contribution in [0.2, 0.25) is 5.02 Å². The zero-order chi connectivity index (χ0) is 10.6. The molecule has 1 rings (SSSR count). The number of benzene rings is 1. The maximum atomic E-state index is 10.5. The van der Waals surface area contributed by atoms with Gasteiger partial charge >= 0.3 is 0 Å². The van der Waals surface area contributed by atoms with Crippen LogP contribution in [-0.2, 0) is 6.42 Å². The Bertz CT molecular complexity index is 342. The van der Waals surface area contributed by atoms with Gasteiger partial charge in [-0.2, -0.15) is 0 Å². The maximum Gasteiger partial charge on any atom is 0.271 e. The second-order valence-electron chi connectivity index (χ2n) is 2.87. The molecule has 0 N–H and O–H groups in total. The third-order valence-corrected chi connectivity index (χ3v) is 2.24. The second kappa shape index (κ2) is 5.17. The smallest absolute Gasteiger partial charge is 0.258 e. The van der Waals surface area contributed by atoms with E-state index >= 15 is 0 Å². The number of nitrogens with zero attached hydrogens (tertiary/aromatic N) is 1. The van der Waals surface area contributed by atoms with Crippen LogP contribution in [0, 0.1) is 10.1 Å². The Labute approximate surface area is 91.8 Å². The second-order valence-corrected chi connectivity index (χ2v) is 3.68. The predicted octanol–water partition coefficient (Wildman–Crippen LogP) is 3.42. The number of nitro groups is 1. The van der Waals surface area contributed by atoms with E-state index < -0.39 is 4.92 Å². The van der Waals surface area contributed by atoms with Crippen LogP contribution in [-0.4, -0.2) is 10.8 Å². The van der Waals surface area contributed by atoms with Crippen LogP contribution in [0.3, 0.4) is 0 Å². The summed E-state index contributed by atoms with van der Waals surface area (Å²) in [7, 11) is 0. The van der Waals surface area contributed by atoms with Crippen molar-refractivity contribution in [3.8, 4) is 0 Å². The van der Waals surface area contributed by atoms with Gasteiger partial charge in [0.05, 0.1) is 4.92 Å². The number of hydrogen-bond acceptors (Lipinski definition) is 2. The molecule has 0 heterocycles. The Morgan fingerprint density at radius 2 is 2.07 bits per heavy atom. The van der Waals surface area contributed by atoms with E-state index in [1.54, 1.807) is 6.07 Å². The van der Waals surface area contributed by atoms with Crippen LogP contribution in [0.1, 0.15) is 12.0 Å². The molecule has 0 aliphatic heterocycles. The summed E-state index contributed by atoms with van der Waals surface area (Å²) in [5, 5.41) is 10.9. The van der Waals surface area contributed by atoms with Gasteiger partial charge in [-0.3, -0.25) is 10.1 Å². The summed E-state index contributed by atoms with van der Waals surface area (Å²) in [6.07, 6.45) is 1.50. The standard InChI is InChI=1S/C9H9Cl2NO2/c10-3-1-2-7-4-8(11)6-9(5-7)12(13)14/h4-6H,1-3H2. The molecule has 0 radical (unpaired) electrons. The van der Waals surface area contributed by atoms with Crippen molar-refractivity contribution in [2.75, 3.05) is 5.88 Å². The average Bonchev–Trinajstić information content (AvgIpc) is 2.14. The Kier molecular flexibility index (Phi) is 4.17. The number of nitro benzene ring substituents is 1. The van der Waals surface area contributed by atoms with Gasteiger partial charge < -0.3 is 0 Å². The minimum absolute atomic E-state index is 0.0297.